The molecule has 2 amide bonds. The number of benzene rings is 1. The lowest BCUT2D eigenvalue weighted by Crippen LogP contribution is -2.46. The molecule has 0 unspecified atom stereocenters. The van der Waals surface area contributed by atoms with Crippen molar-refractivity contribution in [2.24, 2.45) is 5.92 Å². The number of aryl methyl sites for hydroxylation is 1. The lowest BCUT2D eigenvalue weighted by molar-refractivity contribution is -0.151. The van der Waals surface area contributed by atoms with Crippen molar-refractivity contribution in [3.05, 3.63) is 35.4 Å². The van der Waals surface area contributed by atoms with E-state index in [-0.39, 0.29) is 17.4 Å². The highest BCUT2D eigenvalue weighted by Gasteiger charge is 2.30. The van der Waals surface area contributed by atoms with Gasteiger partial charge in [-0.15, -0.1) is 0 Å². The Morgan fingerprint density at radius 1 is 1.18 bits per heavy atom. The van der Waals surface area contributed by atoms with Crippen LogP contribution >= 0.6 is 0 Å². The van der Waals surface area contributed by atoms with Gasteiger partial charge in [-0.1, -0.05) is 31.5 Å². The highest BCUT2D eigenvalue weighted by atomic mass is 32.2. The van der Waals surface area contributed by atoms with Crippen molar-refractivity contribution in [1.82, 2.24) is 10.6 Å². The summed E-state index contributed by atoms with van der Waals surface area (Å²) in [5, 5.41) is 5.18. The molecule has 0 saturated carbocycles. The molecular weight excluding hydrogens is 384 g/mol. The summed E-state index contributed by atoms with van der Waals surface area (Å²) in [6, 6.07) is 5.55. The molecule has 0 radical (unpaired) electrons. The molecule has 1 aromatic carbocycles. The Balaban J connectivity index is 1.87. The third-order valence-electron chi connectivity index (χ3n) is 4.46. The maximum atomic E-state index is 12.3. The van der Waals surface area contributed by atoms with Gasteiger partial charge in [0, 0.05) is 11.6 Å². The second-order valence-corrected chi connectivity index (χ2v) is 9.57. The van der Waals surface area contributed by atoms with E-state index in [1.165, 1.54) is 0 Å². The fourth-order valence-corrected chi connectivity index (χ4v) is 4.51. The zero-order valence-corrected chi connectivity index (χ0v) is 17.0. The van der Waals surface area contributed by atoms with E-state index in [1.54, 1.807) is 38.1 Å². The Morgan fingerprint density at radius 2 is 1.82 bits per heavy atom. The predicted molar refractivity (Wildman–Crippen MR) is 103 cm³/mol. The van der Waals surface area contributed by atoms with Gasteiger partial charge < -0.3 is 15.4 Å². The summed E-state index contributed by atoms with van der Waals surface area (Å²) in [5.74, 6) is -2.00. The minimum atomic E-state index is -3.11. The van der Waals surface area contributed by atoms with Crippen LogP contribution in [-0.2, 0) is 24.2 Å². The van der Waals surface area contributed by atoms with Gasteiger partial charge in [-0.05, 0) is 31.4 Å². The number of esters is 1. The Morgan fingerprint density at radius 3 is 2.36 bits per heavy atom. The molecule has 1 aliphatic heterocycles. The van der Waals surface area contributed by atoms with Crippen LogP contribution in [0.2, 0.25) is 0 Å². The van der Waals surface area contributed by atoms with Crippen molar-refractivity contribution in [2.45, 2.75) is 39.3 Å². The number of carbonyl (C=O) groups is 3. The van der Waals surface area contributed by atoms with Crippen molar-refractivity contribution in [3.63, 3.8) is 0 Å². The molecule has 154 valence electrons. The second-order valence-electron chi connectivity index (χ2n) is 7.34. The molecule has 2 rings (SSSR count). The molecule has 0 bridgehead atoms. The van der Waals surface area contributed by atoms with Crippen molar-refractivity contribution >= 4 is 27.6 Å². The largest absolute Gasteiger partial charge is 0.454 e. The SMILES string of the molecule is Cc1ccc(C(=O)N[C@@H](C(=O)OCC(=O)N[C@H]2CCS(=O)(=O)C2)C(C)C)cc1. The van der Waals surface area contributed by atoms with Crippen LogP contribution in [0.15, 0.2) is 24.3 Å². The smallest absolute Gasteiger partial charge is 0.329 e. The fourth-order valence-electron chi connectivity index (χ4n) is 2.83. The third kappa shape index (κ3) is 6.33. The first-order valence-electron chi connectivity index (χ1n) is 9.11. The molecule has 1 heterocycles. The van der Waals surface area contributed by atoms with E-state index < -0.39 is 46.3 Å². The molecule has 2 atom stereocenters. The molecule has 1 aromatic rings. The van der Waals surface area contributed by atoms with Gasteiger partial charge in [0.05, 0.1) is 11.5 Å². The third-order valence-corrected chi connectivity index (χ3v) is 6.23. The van der Waals surface area contributed by atoms with Crippen LogP contribution in [0.4, 0.5) is 0 Å². The van der Waals surface area contributed by atoms with E-state index in [2.05, 4.69) is 10.6 Å². The van der Waals surface area contributed by atoms with Crippen molar-refractivity contribution in [3.8, 4) is 0 Å². The van der Waals surface area contributed by atoms with E-state index in [0.29, 0.717) is 12.0 Å². The molecule has 2 N–H and O–H groups in total. The zero-order valence-electron chi connectivity index (χ0n) is 16.2. The molecule has 8 nitrogen and oxygen atoms in total. The maximum absolute atomic E-state index is 12.3. The van der Waals surface area contributed by atoms with Gasteiger partial charge in [0.1, 0.15) is 6.04 Å². The molecule has 0 aromatic heterocycles. The van der Waals surface area contributed by atoms with Crippen LogP contribution in [-0.4, -0.2) is 56.4 Å². The van der Waals surface area contributed by atoms with Gasteiger partial charge in [0.25, 0.3) is 11.8 Å². The van der Waals surface area contributed by atoms with Crippen molar-refractivity contribution in [1.29, 1.82) is 0 Å². The average Bonchev–Trinajstić information content (AvgIpc) is 2.96. The summed E-state index contributed by atoms with van der Waals surface area (Å²) in [7, 11) is -3.11. The number of ether oxygens (including phenoxy) is 1. The highest BCUT2D eigenvalue weighted by Crippen LogP contribution is 2.11. The van der Waals surface area contributed by atoms with Gasteiger partial charge in [-0.2, -0.15) is 0 Å². The van der Waals surface area contributed by atoms with Crippen LogP contribution < -0.4 is 10.6 Å². The number of hydrogen-bond acceptors (Lipinski definition) is 6. The minimum Gasteiger partial charge on any atom is -0.454 e. The molecule has 0 spiro atoms. The summed E-state index contributed by atoms with van der Waals surface area (Å²) >= 11 is 0. The highest BCUT2D eigenvalue weighted by molar-refractivity contribution is 7.91. The van der Waals surface area contributed by atoms with Crippen LogP contribution in [0.1, 0.15) is 36.2 Å². The molecule has 9 heteroatoms. The van der Waals surface area contributed by atoms with Crippen molar-refractivity contribution in [2.75, 3.05) is 18.1 Å². The minimum absolute atomic E-state index is 0.0399. The van der Waals surface area contributed by atoms with E-state index in [9.17, 15) is 22.8 Å². The van der Waals surface area contributed by atoms with Gasteiger partial charge in [0.15, 0.2) is 16.4 Å². The van der Waals surface area contributed by atoms with Crippen molar-refractivity contribution < 1.29 is 27.5 Å². The second kappa shape index (κ2) is 9.18. The Labute approximate surface area is 164 Å². The van der Waals surface area contributed by atoms with Crippen LogP contribution in [0.3, 0.4) is 0 Å². The van der Waals surface area contributed by atoms with Gasteiger partial charge in [-0.3, -0.25) is 9.59 Å². The summed E-state index contributed by atoms with van der Waals surface area (Å²) in [4.78, 5) is 36.6. The first kappa shape index (κ1) is 21.9. The first-order chi connectivity index (χ1) is 13.1. The topological polar surface area (TPSA) is 119 Å². The number of nitrogens with one attached hydrogen (secondary N) is 2. The van der Waals surface area contributed by atoms with Crippen LogP contribution in [0.25, 0.3) is 0 Å². The predicted octanol–water partition coefficient (Wildman–Crippen LogP) is 0.596. The average molecular weight is 410 g/mol. The number of hydrogen-bond donors (Lipinski definition) is 2. The number of rotatable bonds is 7. The molecular formula is C19H26N2O6S. The zero-order chi connectivity index (χ0) is 20.9. The van der Waals surface area contributed by atoms with Gasteiger partial charge >= 0.3 is 5.97 Å². The lowest BCUT2D eigenvalue weighted by atomic mass is 10.0. The van der Waals surface area contributed by atoms with E-state index in [1.807, 2.05) is 6.92 Å². The maximum Gasteiger partial charge on any atom is 0.329 e. The number of amides is 2. The Kier molecular flexibility index (Phi) is 7.17. The Hall–Kier alpha value is -2.42. The van der Waals surface area contributed by atoms with Gasteiger partial charge in [-0.25, -0.2) is 13.2 Å². The molecule has 0 aliphatic carbocycles. The standard InChI is InChI=1S/C19H26N2O6S/c1-12(2)17(21-18(23)14-6-4-13(3)5-7-14)19(24)27-10-16(22)20-15-8-9-28(25,26)11-15/h4-7,12,15,17H,8-11H2,1-3H3,(H,20,22)(H,21,23)/t15-,17+/m0/s1. The summed E-state index contributed by atoms with van der Waals surface area (Å²) < 4.78 is 27.9. The molecule has 28 heavy (non-hydrogen) atoms. The lowest BCUT2D eigenvalue weighted by Gasteiger charge is -2.21. The first-order valence-corrected chi connectivity index (χ1v) is 10.9. The van der Waals surface area contributed by atoms with E-state index in [0.717, 1.165) is 5.56 Å². The quantitative estimate of drug-likeness (QED) is 0.636. The monoisotopic (exact) mass is 410 g/mol. The summed E-state index contributed by atoms with van der Waals surface area (Å²) in [5.41, 5.74) is 1.43. The Bertz CT molecular complexity index is 832. The molecule has 1 saturated heterocycles. The number of carbonyl (C=O) groups excluding carboxylic acids is 3. The van der Waals surface area contributed by atoms with E-state index in [4.69, 9.17) is 4.74 Å². The number of sulfone groups is 1. The van der Waals surface area contributed by atoms with E-state index >= 15 is 0 Å². The van der Waals surface area contributed by atoms with Gasteiger partial charge in [0.2, 0.25) is 0 Å². The summed E-state index contributed by atoms with van der Waals surface area (Å²) in [6.45, 7) is 4.89. The molecule has 1 fully saturated rings. The molecule has 1 aliphatic rings. The van der Waals surface area contributed by atoms with Crippen LogP contribution in [0.5, 0.6) is 0 Å². The van der Waals surface area contributed by atoms with Crippen LogP contribution in [0, 0.1) is 12.8 Å². The normalized spacial score (nSPS) is 19.1. The fraction of sp³-hybridized carbons (Fsp3) is 0.526. The summed E-state index contributed by atoms with van der Waals surface area (Å²) in [6.07, 6.45) is 0.350.